The number of nitrogens with zero attached hydrogens (tertiary/aromatic N) is 2. The van der Waals surface area contributed by atoms with E-state index in [9.17, 15) is 9.59 Å². The summed E-state index contributed by atoms with van der Waals surface area (Å²) in [4.78, 5) is 29.0. The van der Waals surface area contributed by atoms with Crippen LogP contribution in [0.25, 0.3) is 0 Å². The quantitative estimate of drug-likeness (QED) is 0.798. The van der Waals surface area contributed by atoms with Gasteiger partial charge >= 0.3 is 5.97 Å². The van der Waals surface area contributed by atoms with Gasteiger partial charge in [-0.2, -0.15) is 0 Å². The molecule has 2 saturated heterocycles. The van der Waals surface area contributed by atoms with E-state index in [1.54, 1.807) is 31.1 Å². The van der Waals surface area contributed by atoms with Gasteiger partial charge in [0.05, 0.1) is 11.5 Å². The molecular formula is C18H24N2O3. The Labute approximate surface area is 137 Å². The van der Waals surface area contributed by atoms with Crippen LogP contribution in [0.2, 0.25) is 0 Å². The van der Waals surface area contributed by atoms with Gasteiger partial charge in [-0.05, 0) is 32.0 Å². The summed E-state index contributed by atoms with van der Waals surface area (Å²) in [7, 11) is 5.60. The maximum atomic E-state index is 12.7. The van der Waals surface area contributed by atoms with Crippen molar-refractivity contribution in [3.63, 3.8) is 0 Å². The Morgan fingerprint density at radius 1 is 1.17 bits per heavy atom. The molecule has 2 aliphatic heterocycles. The molecule has 3 rings (SSSR count). The minimum absolute atomic E-state index is 0.0491. The van der Waals surface area contributed by atoms with Gasteiger partial charge in [0.1, 0.15) is 6.10 Å². The highest BCUT2D eigenvalue weighted by molar-refractivity contribution is 5.90. The molecular weight excluding hydrogens is 292 g/mol. The van der Waals surface area contributed by atoms with E-state index in [1.807, 2.05) is 18.2 Å². The zero-order valence-corrected chi connectivity index (χ0v) is 13.9. The van der Waals surface area contributed by atoms with Crippen LogP contribution in [0.1, 0.15) is 29.6 Å². The molecule has 1 aromatic carbocycles. The van der Waals surface area contributed by atoms with Gasteiger partial charge in [-0.25, -0.2) is 4.79 Å². The van der Waals surface area contributed by atoms with Crippen LogP contribution in [0.5, 0.6) is 0 Å². The third-order valence-electron chi connectivity index (χ3n) is 5.21. The zero-order chi connectivity index (χ0) is 16.6. The normalized spacial score (nSPS) is 30.0. The Morgan fingerprint density at radius 2 is 1.87 bits per heavy atom. The van der Waals surface area contributed by atoms with Gasteiger partial charge in [0.15, 0.2) is 0 Å². The zero-order valence-electron chi connectivity index (χ0n) is 13.9. The average Bonchev–Trinajstić information content (AvgIpc) is 2.79. The number of benzene rings is 1. The molecule has 23 heavy (non-hydrogen) atoms. The standard InChI is InChI=1S/C18H24N2O3/c1-19(2)17(21)16-14-10-9-13(20(14)3)11-15(16)23-18(22)12-7-5-4-6-8-12/h4-8,13-16H,9-11H2,1-3H3/t13-,14?,15+,16?/m1/s1. The number of rotatable bonds is 3. The number of esters is 1. The van der Waals surface area contributed by atoms with E-state index < -0.39 is 0 Å². The second kappa shape index (κ2) is 6.32. The fourth-order valence-electron chi connectivity index (χ4n) is 3.94. The van der Waals surface area contributed by atoms with E-state index in [-0.39, 0.29) is 29.9 Å². The van der Waals surface area contributed by atoms with Gasteiger partial charge in [-0.3, -0.25) is 9.69 Å². The lowest BCUT2D eigenvalue weighted by Gasteiger charge is -2.42. The summed E-state index contributed by atoms with van der Waals surface area (Å²) in [6, 6.07) is 9.56. The highest BCUT2D eigenvalue weighted by Crippen LogP contribution is 2.40. The average molecular weight is 316 g/mol. The molecule has 5 nitrogen and oxygen atoms in total. The first-order valence-corrected chi connectivity index (χ1v) is 8.18. The van der Waals surface area contributed by atoms with Crippen molar-refractivity contribution >= 4 is 11.9 Å². The lowest BCUT2D eigenvalue weighted by molar-refractivity contribution is -0.143. The number of piperidine rings is 1. The van der Waals surface area contributed by atoms with Crippen molar-refractivity contribution in [3.05, 3.63) is 35.9 Å². The fourth-order valence-corrected chi connectivity index (χ4v) is 3.94. The van der Waals surface area contributed by atoms with Crippen molar-refractivity contribution in [3.8, 4) is 0 Å². The molecule has 0 aliphatic carbocycles. The summed E-state index contributed by atoms with van der Waals surface area (Å²) < 4.78 is 5.78. The maximum absolute atomic E-state index is 12.7. The van der Waals surface area contributed by atoms with Gasteiger partial charge in [-0.1, -0.05) is 18.2 Å². The number of carbonyl (C=O) groups is 2. The molecule has 2 fully saturated rings. The lowest BCUT2D eigenvalue weighted by atomic mass is 9.86. The smallest absolute Gasteiger partial charge is 0.338 e. The molecule has 4 atom stereocenters. The predicted octanol–water partition coefficient (Wildman–Crippen LogP) is 1.78. The van der Waals surface area contributed by atoms with Gasteiger partial charge < -0.3 is 9.64 Å². The second-order valence-corrected chi connectivity index (χ2v) is 6.77. The molecule has 0 saturated carbocycles. The summed E-state index contributed by atoms with van der Waals surface area (Å²) in [5, 5.41) is 0. The van der Waals surface area contributed by atoms with Crippen LogP contribution in [-0.4, -0.2) is 61.0 Å². The molecule has 0 N–H and O–H groups in total. The van der Waals surface area contributed by atoms with Crippen LogP contribution in [-0.2, 0) is 9.53 Å². The van der Waals surface area contributed by atoms with E-state index in [0.717, 1.165) is 19.3 Å². The number of ether oxygens (including phenoxy) is 1. The van der Waals surface area contributed by atoms with E-state index in [2.05, 4.69) is 11.9 Å². The van der Waals surface area contributed by atoms with Crippen LogP contribution >= 0.6 is 0 Å². The Morgan fingerprint density at radius 3 is 2.52 bits per heavy atom. The first-order chi connectivity index (χ1) is 11.0. The van der Waals surface area contributed by atoms with Crippen molar-refractivity contribution in [2.45, 2.75) is 37.5 Å². The van der Waals surface area contributed by atoms with Crippen LogP contribution in [0.15, 0.2) is 30.3 Å². The van der Waals surface area contributed by atoms with E-state index in [4.69, 9.17) is 4.74 Å². The van der Waals surface area contributed by atoms with E-state index >= 15 is 0 Å². The lowest BCUT2D eigenvalue weighted by Crippen LogP contribution is -2.55. The first-order valence-electron chi connectivity index (χ1n) is 8.18. The molecule has 0 spiro atoms. The van der Waals surface area contributed by atoms with Gasteiger partial charge in [0.2, 0.25) is 5.91 Å². The van der Waals surface area contributed by atoms with Gasteiger partial charge in [0.25, 0.3) is 0 Å². The topological polar surface area (TPSA) is 49.9 Å². The molecule has 124 valence electrons. The van der Waals surface area contributed by atoms with Gasteiger partial charge in [-0.15, -0.1) is 0 Å². The first kappa shape index (κ1) is 16.0. The van der Waals surface area contributed by atoms with Crippen molar-refractivity contribution in [2.75, 3.05) is 21.1 Å². The molecule has 5 heteroatoms. The number of fused-ring (bicyclic) bond motifs is 2. The highest BCUT2D eigenvalue weighted by atomic mass is 16.5. The predicted molar refractivity (Wildman–Crippen MR) is 87.0 cm³/mol. The third-order valence-corrected chi connectivity index (χ3v) is 5.21. The molecule has 0 aromatic heterocycles. The van der Waals surface area contributed by atoms with Crippen LogP contribution in [0.4, 0.5) is 0 Å². The minimum atomic E-state index is -0.341. The SMILES string of the molecule is CN(C)C(=O)C1C2CC[C@H](C[C@@H]1OC(=O)c1ccccc1)N2C. The summed E-state index contributed by atoms with van der Waals surface area (Å²) >= 11 is 0. The highest BCUT2D eigenvalue weighted by Gasteiger charge is 2.50. The van der Waals surface area contributed by atoms with E-state index in [0.29, 0.717) is 11.6 Å². The Kier molecular flexibility index (Phi) is 4.39. The summed E-state index contributed by atoms with van der Waals surface area (Å²) in [5.41, 5.74) is 0.537. The Bertz CT molecular complexity index is 587. The van der Waals surface area contributed by atoms with Crippen LogP contribution in [0.3, 0.4) is 0 Å². The number of hydrogen-bond donors (Lipinski definition) is 0. The molecule has 2 bridgehead atoms. The largest absolute Gasteiger partial charge is 0.458 e. The van der Waals surface area contributed by atoms with Crippen molar-refractivity contribution in [1.82, 2.24) is 9.80 Å². The monoisotopic (exact) mass is 316 g/mol. The fraction of sp³-hybridized carbons (Fsp3) is 0.556. The summed E-state index contributed by atoms with van der Waals surface area (Å²) in [6.45, 7) is 0. The molecule has 2 unspecified atom stereocenters. The maximum Gasteiger partial charge on any atom is 0.338 e. The van der Waals surface area contributed by atoms with Gasteiger partial charge in [0, 0.05) is 32.6 Å². The van der Waals surface area contributed by atoms with E-state index in [1.165, 1.54) is 0 Å². The summed E-state index contributed by atoms with van der Waals surface area (Å²) in [5.74, 6) is -0.564. The molecule has 0 radical (unpaired) electrons. The molecule has 2 heterocycles. The van der Waals surface area contributed by atoms with Crippen LogP contribution < -0.4 is 0 Å². The number of carbonyl (C=O) groups excluding carboxylic acids is 2. The van der Waals surface area contributed by atoms with Crippen LogP contribution in [0, 0.1) is 5.92 Å². The Hall–Kier alpha value is -1.88. The third kappa shape index (κ3) is 2.98. The molecule has 2 aliphatic rings. The minimum Gasteiger partial charge on any atom is -0.458 e. The molecule has 1 aromatic rings. The molecule has 1 amide bonds. The Balaban J connectivity index is 1.81. The van der Waals surface area contributed by atoms with Crippen molar-refractivity contribution in [2.24, 2.45) is 5.92 Å². The second-order valence-electron chi connectivity index (χ2n) is 6.77. The van der Waals surface area contributed by atoms with Crippen molar-refractivity contribution < 1.29 is 14.3 Å². The summed E-state index contributed by atoms with van der Waals surface area (Å²) in [6.07, 6.45) is 2.45. The van der Waals surface area contributed by atoms with Crippen molar-refractivity contribution in [1.29, 1.82) is 0 Å². The number of hydrogen-bond acceptors (Lipinski definition) is 4. The number of amides is 1.